The van der Waals surface area contributed by atoms with Crippen LogP contribution in [0.25, 0.3) is 11.1 Å². The highest BCUT2D eigenvalue weighted by Crippen LogP contribution is 2.21. The van der Waals surface area contributed by atoms with Crippen LogP contribution < -0.4 is 5.32 Å². The van der Waals surface area contributed by atoms with Crippen molar-refractivity contribution in [3.05, 3.63) is 71.7 Å². The lowest BCUT2D eigenvalue weighted by Gasteiger charge is -2.25. The summed E-state index contributed by atoms with van der Waals surface area (Å²) >= 11 is 1.34. The van der Waals surface area contributed by atoms with Crippen LogP contribution in [0, 0.1) is 0 Å². The van der Waals surface area contributed by atoms with Gasteiger partial charge in [0.2, 0.25) is 5.91 Å². The first-order chi connectivity index (χ1) is 14.7. The van der Waals surface area contributed by atoms with Gasteiger partial charge in [-0.3, -0.25) is 9.59 Å². The summed E-state index contributed by atoms with van der Waals surface area (Å²) < 4.78 is 5.70. The van der Waals surface area contributed by atoms with Crippen LogP contribution in [0.4, 0.5) is 5.13 Å². The van der Waals surface area contributed by atoms with Crippen LogP contribution in [0.1, 0.15) is 23.2 Å². The van der Waals surface area contributed by atoms with Crippen LogP contribution >= 0.6 is 11.3 Å². The van der Waals surface area contributed by atoms with E-state index in [-0.39, 0.29) is 24.5 Å². The number of amides is 2. The number of carbonyl (C=O) groups is 2. The fraction of sp³-hybridized carbons (Fsp3) is 0.261. The SMILES string of the molecule is O=C(CN(CC1CCCO1)C(=O)c1ccc(-c2ccccc2)cc1)Nc1nccs1. The molecule has 0 bridgehead atoms. The first-order valence-electron chi connectivity index (χ1n) is 9.95. The topological polar surface area (TPSA) is 71.5 Å². The average molecular weight is 422 g/mol. The molecule has 0 radical (unpaired) electrons. The van der Waals surface area contributed by atoms with E-state index in [2.05, 4.69) is 10.3 Å². The zero-order chi connectivity index (χ0) is 20.8. The standard InChI is InChI=1S/C23H23N3O3S/c27-21(25-23-24-12-14-30-23)16-26(15-20-7-4-13-29-20)22(28)19-10-8-18(9-11-19)17-5-2-1-3-6-17/h1-3,5-6,8-12,14,20H,4,7,13,15-16H2,(H,24,25,27). The van der Waals surface area contributed by atoms with E-state index in [0.717, 1.165) is 24.0 Å². The molecule has 1 aliphatic heterocycles. The van der Waals surface area contributed by atoms with E-state index in [1.807, 2.05) is 54.6 Å². The molecule has 7 heteroatoms. The quantitative estimate of drug-likeness (QED) is 0.624. The fourth-order valence-corrected chi connectivity index (χ4v) is 4.03. The number of nitrogens with zero attached hydrogens (tertiary/aromatic N) is 2. The van der Waals surface area contributed by atoms with Gasteiger partial charge in [-0.05, 0) is 36.1 Å². The number of hydrogen-bond acceptors (Lipinski definition) is 5. The van der Waals surface area contributed by atoms with Crippen LogP contribution in [0.3, 0.4) is 0 Å². The number of anilines is 1. The van der Waals surface area contributed by atoms with Crippen molar-refractivity contribution in [2.45, 2.75) is 18.9 Å². The lowest BCUT2D eigenvalue weighted by Crippen LogP contribution is -2.42. The van der Waals surface area contributed by atoms with Gasteiger partial charge >= 0.3 is 0 Å². The van der Waals surface area contributed by atoms with Crippen molar-refractivity contribution < 1.29 is 14.3 Å². The van der Waals surface area contributed by atoms with Crippen molar-refractivity contribution in [2.24, 2.45) is 0 Å². The van der Waals surface area contributed by atoms with Crippen molar-refractivity contribution in [1.29, 1.82) is 0 Å². The molecule has 0 saturated carbocycles. The van der Waals surface area contributed by atoms with Crippen molar-refractivity contribution >= 4 is 28.3 Å². The maximum atomic E-state index is 13.2. The van der Waals surface area contributed by atoms with Gasteiger partial charge in [-0.25, -0.2) is 4.98 Å². The normalized spacial score (nSPS) is 15.7. The molecule has 1 N–H and O–H groups in total. The minimum Gasteiger partial charge on any atom is -0.376 e. The second-order valence-electron chi connectivity index (χ2n) is 7.15. The minimum atomic E-state index is -0.266. The van der Waals surface area contributed by atoms with Crippen molar-refractivity contribution in [3.63, 3.8) is 0 Å². The molecule has 1 unspecified atom stereocenters. The number of benzene rings is 2. The van der Waals surface area contributed by atoms with Gasteiger partial charge in [-0.1, -0.05) is 42.5 Å². The predicted octanol–water partition coefficient (Wildman–Crippen LogP) is 4.07. The Hall–Kier alpha value is -3.03. The molecule has 0 aliphatic carbocycles. The Balaban J connectivity index is 1.48. The van der Waals surface area contributed by atoms with Crippen LogP contribution in [0.15, 0.2) is 66.2 Å². The molecular weight excluding hydrogens is 398 g/mol. The number of thiazole rings is 1. The number of nitrogens with one attached hydrogen (secondary N) is 1. The van der Waals surface area contributed by atoms with E-state index in [1.54, 1.807) is 16.5 Å². The van der Waals surface area contributed by atoms with Crippen molar-refractivity contribution in [2.75, 3.05) is 25.0 Å². The maximum Gasteiger partial charge on any atom is 0.254 e. The highest BCUT2D eigenvalue weighted by Gasteiger charge is 2.25. The molecule has 1 aromatic heterocycles. The smallest absolute Gasteiger partial charge is 0.254 e. The summed E-state index contributed by atoms with van der Waals surface area (Å²) in [5.41, 5.74) is 2.68. The summed E-state index contributed by atoms with van der Waals surface area (Å²) in [6, 6.07) is 17.5. The number of ether oxygens (including phenoxy) is 1. The van der Waals surface area contributed by atoms with E-state index in [9.17, 15) is 9.59 Å². The summed E-state index contributed by atoms with van der Waals surface area (Å²) in [6.07, 6.45) is 3.46. The van der Waals surface area contributed by atoms with Gasteiger partial charge in [0, 0.05) is 30.3 Å². The molecular formula is C23H23N3O3S. The first-order valence-corrected chi connectivity index (χ1v) is 10.8. The molecule has 4 rings (SSSR count). The Kier molecular flexibility index (Phi) is 6.51. The molecule has 1 aliphatic rings. The molecule has 30 heavy (non-hydrogen) atoms. The van der Waals surface area contributed by atoms with Gasteiger partial charge in [0.1, 0.15) is 6.54 Å². The highest BCUT2D eigenvalue weighted by molar-refractivity contribution is 7.13. The Labute approximate surface area is 179 Å². The zero-order valence-corrected chi connectivity index (χ0v) is 17.3. The van der Waals surface area contributed by atoms with E-state index in [4.69, 9.17) is 4.74 Å². The van der Waals surface area contributed by atoms with Crippen LogP contribution in [-0.2, 0) is 9.53 Å². The predicted molar refractivity (Wildman–Crippen MR) is 117 cm³/mol. The van der Waals surface area contributed by atoms with Gasteiger partial charge in [-0.15, -0.1) is 11.3 Å². The molecule has 1 fully saturated rings. The lowest BCUT2D eigenvalue weighted by atomic mass is 10.0. The van der Waals surface area contributed by atoms with Crippen molar-refractivity contribution in [3.8, 4) is 11.1 Å². The summed E-state index contributed by atoms with van der Waals surface area (Å²) in [7, 11) is 0. The third-order valence-electron chi connectivity index (χ3n) is 4.99. The zero-order valence-electron chi connectivity index (χ0n) is 16.5. The van der Waals surface area contributed by atoms with Crippen molar-refractivity contribution in [1.82, 2.24) is 9.88 Å². The Morgan fingerprint density at radius 2 is 1.87 bits per heavy atom. The third-order valence-corrected chi connectivity index (χ3v) is 5.68. The van der Waals surface area contributed by atoms with Crippen LogP contribution in [0.2, 0.25) is 0 Å². The molecule has 154 valence electrons. The van der Waals surface area contributed by atoms with E-state index >= 15 is 0 Å². The average Bonchev–Trinajstić information content (AvgIpc) is 3.48. The Morgan fingerprint density at radius 1 is 1.10 bits per heavy atom. The summed E-state index contributed by atoms with van der Waals surface area (Å²) in [6.45, 7) is 1.05. The summed E-state index contributed by atoms with van der Waals surface area (Å²) in [5, 5.41) is 5.06. The first kappa shape index (κ1) is 20.3. The second-order valence-corrected chi connectivity index (χ2v) is 8.04. The number of aromatic nitrogens is 1. The van der Waals surface area contributed by atoms with E-state index in [1.165, 1.54) is 11.3 Å². The van der Waals surface area contributed by atoms with Crippen LogP contribution in [0.5, 0.6) is 0 Å². The van der Waals surface area contributed by atoms with E-state index in [0.29, 0.717) is 23.8 Å². The van der Waals surface area contributed by atoms with Gasteiger partial charge in [-0.2, -0.15) is 0 Å². The minimum absolute atomic E-state index is 0.0368. The molecule has 3 aromatic rings. The maximum absolute atomic E-state index is 13.2. The molecule has 1 saturated heterocycles. The summed E-state index contributed by atoms with van der Waals surface area (Å²) in [4.78, 5) is 31.3. The second kappa shape index (κ2) is 9.65. The van der Waals surface area contributed by atoms with Gasteiger partial charge in [0.25, 0.3) is 5.91 Å². The fourth-order valence-electron chi connectivity index (χ4n) is 3.49. The number of hydrogen-bond donors (Lipinski definition) is 1. The molecule has 1 atom stereocenters. The van der Waals surface area contributed by atoms with Crippen LogP contribution in [-0.4, -0.2) is 47.5 Å². The van der Waals surface area contributed by atoms with Gasteiger partial charge in [0.15, 0.2) is 5.13 Å². The number of carbonyl (C=O) groups excluding carboxylic acids is 2. The Bertz CT molecular complexity index is 969. The highest BCUT2D eigenvalue weighted by atomic mass is 32.1. The Morgan fingerprint density at radius 3 is 2.53 bits per heavy atom. The molecule has 2 amide bonds. The monoisotopic (exact) mass is 421 g/mol. The molecule has 0 spiro atoms. The summed E-state index contributed by atoms with van der Waals surface area (Å²) in [5.74, 6) is -0.448. The molecule has 2 aromatic carbocycles. The largest absolute Gasteiger partial charge is 0.376 e. The van der Waals surface area contributed by atoms with E-state index < -0.39 is 0 Å². The molecule has 2 heterocycles. The van der Waals surface area contributed by atoms with Gasteiger partial charge in [0.05, 0.1) is 6.10 Å². The third kappa shape index (κ3) is 5.11. The lowest BCUT2D eigenvalue weighted by molar-refractivity contribution is -0.117. The van der Waals surface area contributed by atoms with Gasteiger partial charge < -0.3 is 15.0 Å². The number of rotatable bonds is 7. The molecule has 6 nitrogen and oxygen atoms in total.